The lowest BCUT2D eigenvalue weighted by atomic mass is 10.3. The van der Waals surface area contributed by atoms with Crippen molar-refractivity contribution in [1.29, 1.82) is 0 Å². The van der Waals surface area contributed by atoms with Gasteiger partial charge in [0.05, 0.1) is 26.3 Å². The molecule has 0 saturated carbocycles. The van der Waals surface area contributed by atoms with E-state index in [1.54, 1.807) is 11.8 Å². The van der Waals surface area contributed by atoms with Crippen LogP contribution in [0.3, 0.4) is 0 Å². The number of aromatic nitrogens is 1. The minimum atomic E-state index is 0.634. The standard InChI is InChI=1S/C13H11Cl2NS/c1-8-11(14)13(12(15)9(2)16-8)17-10-6-4-3-5-7-10/h3-7H,1-2H3. The Morgan fingerprint density at radius 1 is 0.941 bits per heavy atom. The van der Waals surface area contributed by atoms with Gasteiger partial charge in [-0.1, -0.05) is 53.2 Å². The van der Waals surface area contributed by atoms with E-state index in [1.165, 1.54) is 0 Å². The first-order chi connectivity index (χ1) is 8.09. The van der Waals surface area contributed by atoms with Gasteiger partial charge in [0.1, 0.15) is 0 Å². The molecule has 0 spiro atoms. The maximum Gasteiger partial charge on any atom is 0.0773 e. The van der Waals surface area contributed by atoms with Gasteiger partial charge in [-0.25, -0.2) is 0 Å². The van der Waals surface area contributed by atoms with Crippen LogP contribution in [-0.2, 0) is 0 Å². The van der Waals surface area contributed by atoms with Crippen LogP contribution in [0, 0.1) is 13.8 Å². The first-order valence-corrected chi connectivity index (χ1v) is 6.72. The highest BCUT2D eigenvalue weighted by molar-refractivity contribution is 7.99. The highest BCUT2D eigenvalue weighted by Gasteiger charge is 2.14. The highest BCUT2D eigenvalue weighted by Crippen LogP contribution is 2.40. The first-order valence-electron chi connectivity index (χ1n) is 5.14. The minimum Gasteiger partial charge on any atom is -0.255 e. The second kappa shape index (κ2) is 5.30. The van der Waals surface area contributed by atoms with E-state index in [9.17, 15) is 0 Å². The molecule has 0 aliphatic rings. The van der Waals surface area contributed by atoms with Crippen molar-refractivity contribution in [3.8, 4) is 0 Å². The van der Waals surface area contributed by atoms with Crippen LogP contribution in [0.5, 0.6) is 0 Å². The van der Waals surface area contributed by atoms with Crippen LogP contribution in [-0.4, -0.2) is 4.98 Å². The van der Waals surface area contributed by atoms with Crippen molar-refractivity contribution < 1.29 is 0 Å². The Morgan fingerprint density at radius 3 is 2.00 bits per heavy atom. The van der Waals surface area contributed by atoms with Crippen LogP contribution in [0.25, 0.3) is 0 Å². The Balaban J connectivity index is 2.46. The molecule has 0 N–H and O–H groups in total. The number of hydrogen-bond acceptors (Lipinski definition) is 2. The molecule has 0 aliphatic carbocycles. The molecule has 2 aromatic rings. The third-order valence-electron chi connectivity index (χ3n) is 2.33. The number of halogens is 2. The molecule has 17 heavy (non-hydrogen) atoms. The molecule has 88 valence electrons. The Labute approximate surface area is 115 Å². The minimum absolute atomic E-state index is 0.634. The summed E-state index contributed by atoms with van der Waals surface area (Å²) < 4.78 is 0. The topological polar surface area (TPSA) is 12.9 Å². The van der Waals surface area contributed by atoms with Crippen molar-refractivity contribution in [2.45, 2.75) is 23.6 Å². The van der Waals surface area contributed by atoms with E-state index in [0.717, 1.165) is 21.2 Å². The van der Waals surface area contributed by atoms with Gasteiger partial charge in [-0.3, -0.25) is 4.98 Å². The smallest absolute Gasteiger partial charge is 0.0773 e. The van der Waals surface area contributed by atoms with E-state index >= 15 is 0 Å². The molecule has 0 saturated heterocycles. The van der Waals surface area contributed by atoms with Crippen LogP contribution in [0.4, 0.5) is 0 Å². The number of hydrogen-bond donors (Lipinski definition) is 0. The lowest BCUT2D eigenvalue weighted by Crippen LogP contribution is -1.92. The van der Waals surface area contributed by atoms with Gasteiger partial charge in [0.2, 0.25) is 0 Å². The molecule has 4 heteroatoms. The van der Waals surface area contributed by atoms with Gasteiger partial charge >= 0.3 is 0 Å². The molecule has 1 heterocycles. The number of rotatable bonds is 2. The van der Waals surface area contributed by atoms with Crippen LogP contribution in [0.2, 0.25) is 10.0 Å². The molecule has 0 atom stereocenters. The van der Waals surface area contributed by atoms with Crippen molar-refractivity contribution >= 4 is 35.0 Å². The Hall–Kier alpha value is -0.700. The quantitative estimate of drug-likeness (QED) is 0.755. The van der Waals surface area contributed by atoms with Crippen LogP contribution in [0.1, 0.15) is 11.4 Å². The van der Waals surface area contributed by atoms with Gasteiger partial charge < -0.3 is 0 Å². The normalized spacial score (nSPS) is 10.6. The van der Waals surface area contributed by atoms with Crippen molar-refractivity contribution in [2.75, 3.05) is 0 Å². The van der Waals surface area contributed by atoms with Gasteiger partial charge in [0.25, 0.3) is 0 Å². The van der Waals surface area contributed by atoms with Crippen molar-refractivity contribution in [3.63, 3.8) is 0 Å². The van der Waals surface area contributed by atoms with E-state index in [4.69, 9.17) is 23.2 Å². The average molecular weight is 284 g/mol. The predicted molar refractivity (Wildman–Crippen MR) is 74.3 cm³/mol. The summed E-state index contributed by atoms with van der Waals surface area (Å²) >= 11 is 14.1. The van der Waals surface area contributed by atoms with Crippen LogP contribution < -0.4 is 0 Å². The molecule has 0 aliphatic heterocycles. The summed E-state index contributed by atoms with van der Waals surface area (Å²) in [4.78, 5) is 6.29. The summed E-state index contributed by atoms with van der Waals surface area (Å²) in [6.45, 7) is 3.78. The second-order valence-corrected chi connectivity index (χ2v) is 5.49. The number of benzene rings is 1. The summed E-state index contributed by atoms with van der Waals surface area (Å²) in [6.07, 6.45) is 0. The predicted octanol–water partition coefficient (Wildman–Crippen LogP) is 5.16. The van der Waals surface area contributed by atoms with Gasteiger partial charge in [-0.15, -0.1) is 0 Å². The molecule has 0 radical (unpaired) electrons. The van der Waals surface area contributed by atoms with Crippen molar-refractivity contribution in [3.05, 3.63) is 51.8 Å². The summed E-state index contributed by atoms with van der Waals surface area (Å²) in [6, 6.07) is 10.0. The monoisotopic (exact) mass is 283 g/mol. The lowest BCUT2D eigenvalue weighted by molar-refractivity contribution is 1.09. The van der Waals surface area contributed by atoms with Crippen LogP contribution in [0.15, 0.2) is 40.1 Å². The van der Waals surface area contributed by atoms with E-state index in [1.807, 2.05) is 44.2 Å². The van der Waals surface area contributed by atoms with Gasteiger partial charge in [-0.2, -0.15) is 0 Å². The van der Waals surface area contributed by atoms with Gasteiger partial charge in [-0.05, 0) is 26.0 Å². The lowest BCUT2D eigenvalue weighted by Gasteiger charge is -2.10. The molecule has 1 aromatic carbocycles. The largest absolute Gasteiger partial charge is 0.255 e. The third-order valence-corrected chi connectivity index (χ3v) is 4.60. The molecule has 0 bridgehead atoms. The zero-order chi connectivity index (χ0) is 12.4. The fraction of sp³-hybridized carbons (Fsp3) is 0.154. The fourth-order valence-electron chi connectivity index (χ4n) is 1.47. The maximum atomic E-state index is 6.25. The third kappa shape index (κ3) is 2.76. The maximum absolute atomic E-state index is 6.25. The summed E-state index contributed by atoms with van der Waals surface area (Å²) in [5.41, 5.74) is 1.62. The number of aryl methyl sites for hydroxylation is 2. The van der Waals surface area contributed by atoms with Crippen molar-refractivity contribution in [2.24, 2.45) is 0 Å². The molecule has 0 fully saturated rings. The van der Waals surface area contributed by atoms with Gasteiger partial charge in [0.15, 0.2) is 0 Å². The molecular weight excluding hydrogens is 273 g/mol. The first kappa shape index (κ1) is 12.7. The van der Waals surface area contributed by atoms with Crippen molar-refractivity contribution in [1.82, 2.24) is 4.98 Å². The zero-order valence-corrected chi connectivity index (χ0v) is 11.8. The Kier molecular flexibility index (Phi) is 3.97. The second-order valence-electron chi connectivity index (χ2n) is 3.65. The molecule has 2 rings (SSSR count). The SMILES string of the molecule is Cc1nc(C)c(Cl)c(Sc2ccccc2)c1Cl. The summed E-state index contributed by atoms with van der Waals surface area (Å²) in [7, 11) is 0. The Bertz CT molecular complexity index is 515. The number of pyridine rings is 1. The fourth-order valence-corrected chi connectivity index (χ4v) is 3.03. The summed E-state index contributed by atoms with van der Waals surface area (Å²) in [5, 5.41) is 1.27. The van der Waals surface area contributed by atoms with E-state index in [0.29, 0.717) is 10.0 Å². The molecule has 0 unspecified atom stereocenters. The van der Waals surface area contributed by atoms with Crippen LogP contribution >= 0.6 is 35.0 Å². The highest BCUT2D eigenvalue weighted by atomic mass is 35.5. The molecular formula is C13H11Cl2NS. The molecule has 1 nitrogen and oxygen atoms in total. The summed E-state index contributed by atoms with van der Waals surface area (Å²) in [5.74, 6) is 0. The van der Waals surface area contributed by atoms with E-state index in [2.05, 4.69) is 4.98 Å². The van der Waals surface area contributed by atoms with E-state index in [-0.39, 0.29) is 0 Å². The molecule has 0 amide bonds. The van der Waals surface area contributed by atoms with E-state index < -0.39 is 0 Å². The zero-order valence-electron chi connectivity index (χ0n) is 9.50. The van der Waals surface area contributed by atoms with Gasteiger partial charge in [0, 0.05) is 4.90 Å². The molecule has 1 aromatic heterocycles. The Morgan fingerprint density at radius 2 is 1.47 bits per heavy atom. The number of nitrogens with zero attached hydrogens (tertiary/aromatic N) is 1. The average Bonchev–Trinajstić information content (AvgIpc) is 2.33.